The fourth-order valence-electron chi connectivity index (χ4n) is 2.05. The Hall–Kier alpha value is -0.0831. The fraction of sp³-hybridized carbons (Fsp3) is 0.800. The van der Waals surface area contributed by atoms with Crippen LogP contribution in [0.15, 0.2) is 12.3 Å². The van der Waals surface area contributed by atoms with Crippen LogP contribution in [0.2, 0.25) is 5.54 Å². The average molecular weight is 184 g/mol. The Morgan fingerprint density at radius 3 is 2.58 bits per heavy atom. The Morgan fingerprint density at radius 2 is 2.08 bits per heavy atom. The smallest absolute Gasteiger partial charge is 0.203 e. The molecule has 0 aliphatic heterocycles. The highest BCUT2D eigenvalue weighted by molar-refractivity contribution is 6.59. The molecule has 1 aliphatic carbocycles. The molecule has 0 heterocycles. The van der Waals surface area contributed by atoms with Gasteiger partial charge < -0.3 is 4.43 Å². The van der Waals surface area contributed by atoms with E-state index in [2.05, 4.69) is 19.2 Å². The zero-order valence-corrected chi connectivity index (χ0v) is 9.24. The molecule has 0 bridgehead atoms. The first-order valence-electron chi connectivity index (χ1n) is 5.12. The van der Waals surface area contributed by atoms with Crippen molar-refractivity contribution in [3.8, 4) is 0 Å². The summed E-state index contributed by atoms with van der Waals surface area (Å²) in [4.78, 5) is 0. The van der Waals surface area contributed by atoms with Crippen molar-refractivity contribution < 1.29 is 4.43 Å². The van der Waals surface area contributed by atoms with Crippen LogP contribution in [0.4, 0.5) is 0 Å². The van der Waals surface area contributed by atoms with Crippen molar-refractivity contribution in [1.29, 1.82) is 0 Å². The average Bonchev–Trinajstić information content (AvgIpc) is 2.15. The minimum Gasteiger partial charge on any atom is -0.416 e. The Balaban J connectivity index is 2.34. The summed E-state index contributed by atoms with van der Waals surface area (Å²) < 4.78 is 5.75. The van der Waals surface area contributed by atoms with Crippen molar-refractivity contribution in [2.75, 3.05) is 6.61 Å². The van der Waals surface area contributed by atoms with Crippen LogP contribution in [-0.2, 0) is 4.43 Å². The summed E-state index contributed by atoms with van der Waals surface area (Å²) >= 11 is 0. The van der Waals surface area contributed by atoms with Crippen LogP contribution in [0.3, 0.4) is 0 Å². The monoisotopic (exact) mass is 184 g/mol. The van der Waals surface area contributed by atoms with Crippen molar-refractivity contribution in [3.63, 3.8) is 0 Å². The van der Waals surface area contributed by atoms with Gasteiger partial charge in [0.05, 0.1) is 0 Å². The number of hydrogen-bond acceptors (Lipinski definition) is 1. The van der Waals surface area contributed by atoms with Gasteiger partial charge in [-0.2, -0.15) is 0 Å². The lowest BCUT2D eigenvalue weighted by Gasteiger charge is -2.26. The van der Waals surface area contributed by atoms with Gasteiger partial charge in [-0.25, -0.2) is 0 Å². The molecule has 0 aromatic carbocycles. The molecule has 0 N–H and O–H groups in total. The van der Waals surface area contributed by atoms with Crippen molar-refractivity contribution in [3.05, 3.63) is 12.3 Å². The molecule has 0 aromatic rings. The lowest BCUT2D eigenvalue weighted by atomic mass is 10.0. The first-order chi connectivity index (χ1) is 5.88. The normalized spacial score (nSPS) is 22.1. The summed E-state index contributed by atoms with van der Waals surface area (Å²) in [5.41, 5.74) is 3.00. The van der Waals surface area contributed by atoms with E-state index in [4.69, 9.17) is 4.43 Å². The van der Waals surface area contributed by atoms with E-state index in [1.165, 1.54) is 32.1 Å². The largest absolute Gasteiger partial charge is 0.416 e. The van der Waals surface area contributed by atoms with E-state index >= 15 is 0 Å². The molecule has 1 nitrogen and oxygen atoms in total. The molecule has 0 amide bonds. The minimum atomic E-state index is -1.03. The van der Waals surface area contributed by atoms with E-state index in [0.29, 0.717) is 0 Å². The summed E-state index contributed by atoms with van der Waals surface area (Å²) in [6, 6.07) is 0. The van der Waals surface area contributed by atoms with Crippen LogP contribution < -0.4 is 0 Å². The van der Waals surface area contributed by atoms with Crippen LogP contribution in [0.5, 0.6) is 0 Å². The molecule has 1 unspecified atom stereocenters. The van der Waals surface area contributed by atoms with Gasteiger partial charge >= 0.3 is 0 Å². The Bertz CT molecular complexity index is 130. The summed E-state index contributed by atoms with van der Waals surface area (Å²) in [5.74, 6) is 0. The maximum absolute atomic E-state index is 5.75. The zero-order valence-electron chi connectivity index (χ0n) is 8.09. The van der Waals surface area contributed by atoms with Crippen molar-refractivity contribution >= 4 is 9.04 Å². The Morgan fingerprint density at radius 1 is 1.42 bits per heavy atom. The molecule has 12 heavy (non-hydrogen) atoms. The van der Waals surface area contributed by atoms with Gasteiger partial charge in [0, 0.05) is 6.61 Å². The molecule has 70 valence electrons. The molecule has 0 spiro atoms. The quantitative estimate of drug-likeness (QED) is 0.611. The first kappa shape index (κ1) is 10.0. The standard InChI is InChI=1S/C10H20OSi/c1-3-11-12(4-2)10-8-6-5-7-9-10/h4,10,12H,2-3,5-9H2,1H3. The van der Waals surface area contributed by atoms with E-state index in [0.717, 1.165) is 12.1 Å². The summed E-state index contributed by atoms with van der Waals surface area (Å²) in [6.45, 7) is 6.86. The highest BCUT2D eigenvalue weighted by Gasteiger charge is 2.23. The molecule has 1 fully saturated rings. The van der Waals surface area contributed by atoms with Crippen molar-refractivity contribution in [2.45, 2.75) is 44.6 Å². The Labute approximate surface area is 77.5 Å². The molecular weight excluding hydrogens is 164 g/mol. The minimum absolute atomic E-state index is 0.874. The summed E-state index contributed by atoms with van der Waals surface area (Å²) in [7, 11) is -1.03. The third-order valence-electron chi connectivity index (χ3n) is 2.71. The molecule has 2 heteroatoms. The predicted octanol–water partition coefficient (Wildman–Crippen LogP) is 2.81. The highest BCUT2D eigenvalue weighted by atomic mass is 28.3. The van der Waals surface area contributed by atoms with Gasteiger partial charge in [0.15, 0.2) is 0 Å². The van der Waals surface area contributed by atoms with Crippen LogP contribution >= 0.6 is 0 Å². The van der Waals surface area contributed by atoms with E-state index in [9.17, 15) is 0 Å². The molecule has 1 aliphatic rings. The molecule has 0 aromatic heterocycles. The molecule has 1 atom stereocenters. The van der Waals surface area contributed by atoms with Crippen molar-refractivity contribution in [1.82, 2.24) is 0 Å². The second kappa shape index (κ2) is 5.54. The molecule has 0 radical (unpaired) electrons. The lowest BCUT2D eigenvalue weighted by molar-refractivity contribution is 0.328. The van der Waals surface area contributed by atoms with Gasteiger partial charge in [-0.1, -0.05) is 37.8 Å². The SMILES string of the molecule is C=C[SiH](OCC)C1CCCCC1. The number of rotatable bonds is 4. The zero-order chi connectivity index (χ0) is 8.81. The van der Waals surface area contributed by atoms with Crippen molar-refractivity contribution in [2.24, 2.45) is 0 Å². The third-order valence-corrected chi connectivity index (χ3v) is 5.48. The van der Waals surface area contributed by atoms with Gasteiger partial charge in [-0.3, -0.25) is 0 Å². The molecule has 0 saturated heterocycles. The molecular formula is C10H20OSi. The fourth-order valence-corrected chi connectivity index (χ4v) is 4.36. The van der Waals surface area contributed by atoms with Gasteiger partial charge in [0.25, 0.3) is 0 Å². The second-order valence-corrected chi connectivity index (χ2v) is 6.23. The van der Waals surface area contributed by atoms with Gasteiger partial charge in [-0.15, -0.1) is 6.58 Å². The van der Waals surface area contributed by atoms with Crippen LogP contribution in [0.1, 0.15) is 39.0 Å². The molecule has 1 saturated carbocycles. The van der Waals surface area contributed by atoms with E-state index < -0.39 is 9.04 Å². The maximum Gasteiger partial charge on any atom is 0.203 e. The first-order valence-corrected chi connectivity index (χ1v) is 6.93. The maximum atomic E-state index is 5.75. The van der Waals surface area contributed by atoms with E-state index in [1.807, 2.05) is 0 Å². The van der Waals surface area contributed by atoms with Gasteiger partial charge in [-0.05, 0) is 12.5 Å². The third kappa shape index (κ3) is 2.76. The topological polar surface area (TPSA) is 9.23 Å². The van der Waals surface area contributed by atoms with Gasteiger partial charge in [0.2, 0.25) is 9.04 Å². The van der Waals surface area contributed by atoms with Crippen LogP contribution in [0.25, 0.3) is 0 Å². The van der Waals surface area contributed by atoms with E-state index in [1.54, 1.807) is 0 Å². The summed E-state index contributed by atoms with van der Waals surface area (Å²) in [5, 5.41) is 0. The predicted molar refractivity (Wildman–Crippen MR) is 55.8 cm³/mol. The van der Waals surface area contributed by atoms with Crippen LogP contribution in [0, 0.1) is 0 Å². The lowest BCUT2D eigenvalue weighted by Crippen LogP contribution is -2.24. The molecule has 1 rings (SSSR count). The highest BCUT2D eigenvalue weighted by Crippen LogP contribution is 2.31. The van der Waals surface area contributed by atoms with E-state index in [-0.39, 0.29) is 0 Å². The van der Waals surface area contributed by atoms with Crippen LogP contribution in [-0.4, -0.2) is 15.6 Å². The second-order valence-electron chi connectivity index (χ2n) is 3.55. The Kier molecular flexibility index (Phi) is 4.62. The number of hydrogen-bond donors (Lipinski definition) is 0. The summed E-state index contributed by atoms with van der Waals surface area (Å²) in [6.07, 6.45) is 7.04. The van der Waals surface area contributed by atoms with Gasteiger partial charge in [0.1, 0.15) is 0 Å².